The van der Waals surface area contributed by atoms with Crippen LogP contribution >= 0.6 is 0 Å². The molecule has 2 amide bonds. The van der Waals surface area contributed by atoms with E-state index >= 15 is 0 Å². The van der Waals surface area contributed by atoms with Crippen LogP contribution in [0.2, 0.25) is 0 Å². The van der Waals surface area contributed by atoms with Crippen LogP contribution in [-0.2, 0) is 16.0 Å². The van der Waals surface area contributed by atoms with Gasteiger partial charge in [-0.1, -0.05) is 31.2 Å². The van der Waals surface area contributed by atoms with Gasteiger partial charge in [-0.25, -0.2) is 9.59 Å². The molecule has 2 N–H and O–H groups in total. The van der Waals surface area contributed by atoms with Crippen LogP contribution < -0.4 is 10.6 Å². The van der Waals surface area contributed by atoms with E-state index in [1.807, 2.05) is 24.3 Å². The van der Waals surface area contributed by atoms with Gasteiger partial charge in [-0.3, -0.25) is 0 Å². The predicted octanol–water partition coefficient (Wildman–Crippen LogP) is 3.36. The smallest absolute Gasteiger partial charge is 0.338 e. The summed E-state index contributed by atoms with van der Waals surface area (Å²) in [5, 5.41) is 5.53. The molecule has 1 aromatic rings. The van der Waals surface area contributed by atoms with Crippen LogP contribution in [0.1, 0.15) is 56.7 Å². The second-order valence-corrected chi connectivity index (χ2v) is 6.48. The molecule has 1 atom stereocenters. The molecule has 0 saturated heterocycles. The number of aryl methyl sites for hydroxylation is 1. The molecule has 0 spiro atoms. The zero-order valence-electron chi connectivity index (χ0n) is 14.2. The Kier molecular flexibility index (Phi) is 4.88. The van der Waals surface area contributed by atoms with Gasteiger partial charge in [0, 0.05) is 5.70 Å². The van der Waals surface area contributed by atoms with Crippen molar-refractivity contribution in [3.05, 3.63) is 46.7 Å². The highest BCUT2D eigenvalue weighted by Crippen LogP contribution is 2.30. The van der Waals surface area contributed by atoms with Gasteiger partial charge in [-0.05, 0) is 50.2 Å². The summed E-state index contributed by atoms with van der Waals surface area (Å²) in [6.07, 6.45) is 5.00. The zero-order valence-corrected chi connectivity index (χ0v) is 14.2. The van der Waals surface area contributed by atoms with Crippen molar-refractivity contribution in [2.75, 3.05) is 0 Å². The molecule has 5 heteroatoms. The topological polar surface area (TPSA) is 67.4 Å². The Labute approximate surface area is 142 Å². The number of rotatable bonds is 4. The molecule has 1 fully saturated rings. The molecule has 5 nitrogen and oxygen atoms in total. The molecule has 1 aliphatic carbocycles. The first-order chi connectivity index (χ1) is 11.6. The second-order valence-electron chi connectivity index (χ2n) is 6.48. The fourth-order valence-electron chi connectivity index (χ4n) is 3.38. The summed E-state index contributed by atoms with van der Waals surface area (Å²) in [6, 6.07) is 7.21. The minimum atomic E-state index is -0.474. The molecular formula is C19H24N2O3. The van der Waals surface area contributed by atoms with Crippen molar-refractivity contribution in [2.45, 2.75) is 58.1 Å². The Bertz CT molecular complexity index is 658. The minimum absolute atomic E-state index is 0.00135. The number of hydrogen-bond donors (Lipinski definition) is 2. The third-order valence-corrected chi connectivity index (χ3v) is 4.79. The average molecular weight is 328 g/mol. The monoisotopic (exact) mass is 328 g/mol. The van der Waals surface area contributed by atoms with Crippen LogP contribution in [0.3, 0.4) is 0 Å². The fourth-order valence-corrected chi connectivity index (χ4v) is 3.38. The van der Waals surface area contributed by atoms with Gasteiger partial charge in [0.25, 0.3) is 0 Å². The molecule has 1 heterocycles. The molecule has 2 aliphatic rings. The van der Waals surface area contributed by atoms with Gasteiger partial charge in [0.05, 0.1) is 11.6 Å². The van der Waals surface area contributed by atoms with Crippen LogP contribution in [0.25, 0.3) is 0 Å². The van der Waals surface area contributed by atoms with Crippen molar-refractivity contribution >= 4 is 12.0 Å². The van der Waals surface area contributed by atoms with Crippen molar-refractivity contribution in [2.24, 2.45) is 0 Å². The first kappa shape index (κ1) is 16.6. The summed E-state index contributed by atoms with van der Waals surface area (Å²) in [6.45, 7) is 3.84. The maximum absolute atomic E-state index is 12.7. The largest absolute Gasteiger partial charge is 0.459 e. The standard InChI is InChI=1S/C19H24N2O3/c1-3-13-8-10-14(11-9-13)17-16(12(2)20-19(23)21-17)18(22)24-15-6-4-5-7-15/h8-11,15,17H,3-7H2,1-2H3,(H2,20,21,23)/t17-/m1/s1. The Balaban J connectivity index is 1.87. The summed E-state index contributed by atoms with van der Waals surface area (Å²) in [7, 11) is 0. The fraction of sp³-hybridized carbons (Fsp3) is 0.474. The highest BCUT2D eigenvalue weighted by atomic mass is 16.5. The number of urea groups is 1. The molecule has 0 bridgehead atoms. The van der Waals surface area contributed by atoms with Crippen LogP contribution in [0.4, 0.5) is 4.79 Å². The predicted molar refractivity (Wildman–Crippen MR) is 91.3 cm³/mol. The molecule has 0 radical (unpaired) electrons. The third kappa shape index (κ3) is 3.45. The lowest BCUT2D eigenvalue weighted by molar-refractivity contribution is -0.144. The van der Waals surface area contributed by atoms with Gasteiger partial charge in [0.2, 0.25) is 0 Å². The molecule has 0 unspecified atom stereocenters. The van der Waals surface area contributed by atoms with E-state index in [0.29, 0.717) is 11.3 Å². The molecule has 1 aromatic carbocycles. The lowest BCUT2D eigenvalue weighted by Crippen LogP contribution is -2.45. The average Bonchev–Trinajstić information content (AvgIpc) is 3.07. The van der Waals surface area contributed by atoms with Crippen LogP contribution in [0.15, 0.2) is 35.5 Å². The molecule has 3 rings (SSSR count). The number of nitrogens with one attached hydrogen (secondary N) is 2. The van der Waals surface area contributed by atoms with E-state index in [1.54, 1.807) is 6.92 Å². The Morgan fingerprint density at radius 1 is 1.21 bits per heavy atom. The summed E-state index contributed by atoms with van der Waals surface area (Å²) < 4.78 is 5.66. The van der Waals surface area contributed by atoms with Crippen molar-refractivity contribution in [1.82, 2.24) is 10.6 Å². The van der Waals surface area contributed by atoms with Crippen molar-refractivity contribution < 1.29 is 14.3 Å². The van der Waals surface area contributed by atoms with Gasteiger partial charge >= 0.3 is 12.0 Å². The number of hydrogen-bond acceptors (Lipinski definition) is 3. The maximum atomic E-state index is 12.7. The lowest BCUT2D eigenvalue weighted by Gasteiger charge is -2.29. The number of carbonyl (C=O) groups excluding carboxylic acids is 2. The third-order valence-electron chi connectivity index (χ3n) is 4.79. The van der Waals surface area contributed by atoms with Gasteiger partial charge in [-0.15, -0.1) is 0 Å². The minimum Gasteiger partial charge on any atom is -0.459 e. The van der Waals surface area contributed by atoms with Crippen LogP contribution in [0, 0.1) is 0 Å². The van der Waals surface area contributed by atoms with E-state index in [0.717, 1.165) is 37.7 Å². The number of ether oxygens (including phenoxy) is 1. The van der Waals surface area contributed by atoms with E-state index < -0.39 is 6.04 Å². The van der Waals surface area contributed by atoms with E-state index in [2.05, 4.69) is 17.6 Å². The van der Waals surface area contributed by atoms with E-state index in [9.17, 15) is 9.59 Å². The number of carbonyl (C=O) groups is 2. The lowest BCUT2D eigenvalue weighted by atomic mass is 9.94. The Hall–Kier alpha value is -2.30. The molecule has 1 aliphatic heterocycles. The summed E-state index contributed by atoms with van der Waals surface area (Å²) >= 11 is 0. The molecular weight excluding hydrogens is 304 g/mol. The van der Waals surface area contributed by atoms with E-state index in [1.165, 1.54) is 5.56 Å². The number of amides is 2. The van der Waals surface area contributed by atoms with E-state index in [4.69, 9.17) is 4.74 Å². The van der Waals surface area contributed by atoms with Crippen molar-refractivity contribution in [3.63, 3.8) is 0 Å². The second kappa shape index (κ2) is 7.07. The number of allylic oxidation sites excluding steroid dienone is 1. The first-order valence-electron chi connectivity index (χ1n) is 8.66. The SMILES string of the molecule is CCc1ccc([C@H]2NC(=O)NC(C)=C2C(=O)OC2CCCC2)cc1. The number of esters is 1. The van der Waals surface area contributed by atoms with Crippen LogP contribution in [0.5, 0.6) is 0 Å². The first-order valence-corrected chi connectivity index (χ1v) is 8.66. The number of benzene rings is 1. The van der Waals surface area contributed by atoms with Gasteiger partial charge in [0.15, 0.2) is 0 Å². The zero-order chi connectivity index (χ0) is 17.1. The van der Waals surface area contributed by atoms with E-state index in [-0.39, 0.29) is 18.1 Å². The molecule has 24 heavy (non-hydrogen) atoms. The summed E-state index contributed by atoms with van der Waals surface area (Å²) in [5.74, 6) is -0.337. The highest BCUT2D eigenvalue weighted by Gasteiger charge is 2.33. The van der Waals surface area contributed by atoms with Gasteiger partial charge < -0.3 is 15.4 Å². The van der Waals surface area contributed by atoms with Crippen molar-refractivity contribution in [1.29, 1.82) is 0 Å². The van der Waals surface area contributed by atoms with Crippen LogP contribution in [-0.4, -0.2) is 18.1 Å². The van der Waals surface area contributed by atoms with Gasteiger partial charge in [-0.2, -0.15) is 0 Å². The summed E-state index contributed by atoms with van der Waals surface area (Å²) in [5.41, 5.74) is 3.16. The quantitative estimate of drug-likeness (QED) is 0.833. The van der Waals surface area contributed by atoms with Crippen molar-refractivity contribution in [3.8, 4) is 0 Å². The molecule has 128 valence electrons. The maximum Gasteiger partial charge on any atom is 0.338 e. The van der Waals surface area contributed by atoms with Gasteiger partial charge in [0.1, 0.15) is 6.10 Å². The Morgan fingerprint density at radius 3 is 2.50 bits per heavy atom. The summed E-state index contributed by atoms with van der Waals surface area (Å²) in [4.78, 5) is 24.6. The normalized spacial score (nSPS) is 21.4. The Morgan fingerprint density at radius 2 is 1.88 bits per heavy atom. The molecule has 0 aromatic heterocycles. The highest BCUT2D eigenvalue weighted by molar-refractivity contribution is 5.95. The molecule has 1 saturated carbocycles.